The summed E-state index contributed by atoms with van der Waals surface area (Å²) in [6, 6.07) is 17.0. The molecule has 6 heteroatoms. The molecule has 2 aromatic carbocycles. The van der Waals surface area contributed by atoms with Gasteiger partial charge in [-0.3, -0.25) is 9.59 Å². The van der Waals surface area contributed by atoms with E-state index < -0.39 is 0 Å². The predicted octanol–water partition coefficient (Wildman–Crippen LogP) is 4.99. The number of carbonyl (C=O) groups excluding carboxylic acids is 2. The Labute approximate surface area is 180 Å². The average molecular weight is 418 g/mol. The molecule has 0 spiro atoms. The van der Waals surface area contributed by atoms with E-state index in [0.717, 1.165) is 17.7 Å². The van der Waals surface area contributed by atoms with E-state index in [9.17, 15) is 9.59 Å². The smallest absolute Gasteiger partial charge is 0.258 e. The maximum absolute atomic E-state index is 13.0. The summed E-state index contributed by atoms with van der Waals surface area (Å²) in [5.74, 6) is -0.366. The van der Waals surface area contributed by atoms with E-state index in [-0.39, 0.29) is 17.9 Å². The number of amides is 2. The zero-order valence-corrected chi connectivity index (χ0v) is 17.8. The fraction of sp³-hybridized carbons (Fsp3) is 0.208. The summed E-state index contributed by atoms with van der Waals surface area (Å²) in [6.07, 6.45) is 3.75. The Hall–Kier alpha value is -3.12. The summed E-state index contributed by atoms with van der Waals surface area (Å²) in [4.78, 5) is 30.7. The molecule has 1 aliphatic rings. The number of rotatable bonds is 6. The van der Waals surface area contributed by atoms with Crippen LogP contribution in [0.1, 0.15) is 44.7 Å². The average Bonchev–Trinajstić information content (AvgIpc) is 3.55. The van der Waals surface area contributed by atoms with Crippen molar-refractivity contribution in [3.05, 3.63) is 83.0 Å². The van der Waals surface area contributed by atoms with Gasteiger partial charge in [0.1, 0.15) is 5.03 Å². The number of benzene rings is 2. The second kappa shape index (κ2) is 8.71. The first-order chi connectivity index (χ1) is 14.5. The normalized spacial score (nSPS) is 13.0. The third-order valence-electron chi connectivity index (χ3n) is 5.00. The van der Waals surface area contributed by atoms with Crippen LogP contribution < -0.4 is 10.6 Å². The molecule has 3 aromatic rings. The first-order valence-electron chi connectivity index (χ1n) is 9.92. The Morgan fingerprint density at radius 3 is 2.57 bits per heavy atom. The molecule has 1 aliphatic carbocycles. The van der Waals surface area contributed by atoms with Crippen molar-refractivity contribution < 1.29 is 9.59 Å². The Balaban J connectivity index is 1.51. The molecule has 30 heavy (non-hydrogen) atoms. The fourth-order valence-electron chi connectivity index (χ4n) is 2.97. The quantitative estimate of drug-likeness (QED) is 0.592. The molecule has 2 N–H and O–H groups in total. The number of nitrogens with zero attached hydrogens (tertiary/aromatic N) is 1. The topological polar surface area (TPSA) is 71.1 Å². The number of aryl methyl sites for hydroxylation is 2. The van der Waals surface area contributed by atoms with Gasteiger partial charge in [0.05, 0.1) is 5.56 Å². The van der Waals surface area contributed by atoms with Gasteiger partial charge < -0.3 is 10.6 Å². The van der Waals surface area contributed by atoms with Crippen LogP contribution in [0.5, 0.6) is 0 Å². The van der Waals surface area contributed by atoms with Gasteiger partial charge in [0.2, 0.25) is 0 Å². The van der Waals surface area contributed by atoms with Crippen LogP contribution in [0.15, 0.2) is 70.7 Å². The van der Waals surface area contributed by atoms with Crippen molar-refractivity contribution in [2.45, 2.75) is 42.7 Å². The van der Waals surface area contributed by atoms with E-state index in [2.05, 4.69) is 41.6 Å². The highest BCUT2D eigenvalue weighted by atomic mass is 32.2. The Morgan fingerprint density at radius 1 is 0.967 bits per heavy atom. The fourth-order valence-corrected chi connectivity index (χ4v) is 3.95. The summed E-state index contributed by atoms with van der Waals surface area (Å²) < 4.78 is 0. The van der Waals surface area contributed by atoms with Gasteiger partial charge in [0.25, 0.3) is 11.8 Å². The van der Waals surface area contributed by atoms with Crippen LogP contribution in [0.4, 0.5) is 5.69 Å². The molecule has 152 valence electrons. The van der Waals surface area contributed by atoms with Gasteiger partial charge in [-0.2, -0.15) is 0 Å². The maximum Gasteiger partial charge on any atom is 0.258 e. The number of pyridine rings is 1. The van der Waals surface area contributed by atoms with Crippen molar-refractivity contribution >= 4 is 29.3 Å². The zero-order chi connectivity index (χ0) is 21.1. The molecule has 1 aromatic heterocycles. The van der Waals surface area contributed by atoms with E-state index in [1.165, 1.54) is 22.9 Å². The van der Waals surface area contributed by atoms with Gasteiger partial charge in [-0.1, -0.05) is 23.9 Å². The molecule has 0 bridgehead atoms. The number of nitrogens with one attached hydrogen (secondary N) is 2. The summed E-state index contributed by atoms with van der Waals surface area (Å²) in [6.45, 7) is 4.14. The lowest BCUT2D eigenvalue weighted by atomic mass is 10.1. The molecule has 0 unspecified atom stereocenters. The Morgan fingerprint density at radius 2 is 1.80 bits per heavy atom. The van der Waals surface area contributed by atoms with Crippen molar-refractivity contribution in [1.29, 1.82) is 0 Å². The largest absolute Gasteiger partial charge is 0.349 e. The minimum absolute atomic E-state index is 0.110. The van der Waals surface area contributed by atoms with E-state index in [4.69, 9.17) is 0 Å². The summed E-state index contributed by atoms with van der Waals surface area (Å²) >= 11 is 1.46. The molecule has 0 saturated heterocycles. The second-order valence-corrected chi connectivity index (χ2v) is 8.55. The van der Waals surface area contributed by atoms with Crippen molar-refractivity contribution in [3.63, 3.8) is 0 Å². The molecule has 1 fully saturated rings. The van der Waals surface area contributed by atoms with Crippen molar-refractivity contribution in [2.24, 2.45) is 0 Å². The minimum Gasteiger partial charge on any atom is -0.349 e. The van der Waals surface area contributed by atoms with Crippen LogP contribution in [0.25, 0.3) is 0 Å². The van der Waals surface area contributed by atoms with Crippen molar-refractivity contribution in [1.82, 2.24) is 10.3 Å². The number of anilines is 1. The first kappa shape index (κ1) is 20.2. The van der Waals surface area contributed by atoms with Crippen molar-refractivity contribution in [2.75, 3.05) is 5.32 Å². The number of carbonyl (C=O) groups is 2. The molecule has 4 rings (SSSR count). The lowest BCUT2D eigenvalue weighted by Crippen LogP contribution is -2.25. The van der Waals surface area contributed by atoms with Crippen LogP contribution in [0.2, 0.25) is 0 Å². The molecular formula is C24H23N3O2S. The lowest BCUT2D eigenvalue weighted by Gasteiger charge is -2.11. The van der Waals surface area contributed by atoms with Gasteiger partial charge in [-0.25, -0.2) is 4.98 Å². The number of hydrogen-bond acceptors (Lipinski definition) is 4. The molecule has 1 saturated carbocycles. The summed E-state index contributed by atoms with van der Waals surface area (Å²) in [5.41, 5.74) is 4.03. The van der Waals surface area contributed by atoms with E-state index in [1.54, 1.807) is 42.6 Å². The highest BCUT2D eigenvalue weighted by molar-refractivity contribution is 7.99. The number of aromatic nitrogens is 1. The highest BCUT2D eigenvalue weighted by Crippen LogP contribution is 2.30. The lowest BCUT2D eigenvalue weighted by molar-refractivity contribution is 0.0949. The maximum atomic E-state index is 13.0. The standard InChI is InChI=1S/C24H23N3O2S/c1-15-8-11-20(13-16(15)2)30-24-21(7-4-12-25-24)23(29)27-19-6-3-5-17(14-19)22(28)26-18-9-10-18/h3-8,11-14,18H,9-10H2,1-2H3,(H,26,28)(H,27,29). The van der Waals surface area contributed by atoms with Crippen LogP contribution in [-0.4, -0.2) is 22.8 Å². The Bertz CT molecular complexity index is 1110. The van der Waals surface area contributed by atoms with E-state index >= 15 is 0 Å². The van der Waals surface area contributed by atoms with E-state index in [0.29, 0.717) is 21.8 Å². The molecule has 0 atom stereocenters. The third-order valence-corrected chi connectivity index (χ3v) is 6.01. The van der Waals surface area contributed by atoms with Gasteiger partial charge >= 0.3 is 0 Å². The second-order valence-electron chi connectivity index (χ2n) is 7.49. The Kier molecular flexibility index (Phi) is 5.86. The van der Waals surface area contributed by atoms with Crippen LogP contribution >= 0.6 is 11.8 Å². The monoisotopic (exact) mass is 417 g/mol. The highest BCUT2D eigenvalue weighted by Gasteiger charge is 2.24. The van der Waals surface area contributed by atoms with E-state index in [1.807, 2.05) is 6.07 Å². The molecular weight excluding hydrogens is 394 g/mol. The summed E-state index contributed by atoms with van der Waals surface area (Å²) in [7, 11) is 0. The van der Waals surface area contributed by atoms with Gasteiger partial charge in [-0.05, 0) is 80.3 Å². The first-order valence-corrected chi connectivity index (χ1v) is 10.7. The van der Waals surface area contributed by atoms with Crippen LogP contribution in [0.3, 0.4) is 0 Å². The van der Waals surface area contributed by atoms with Crippen molar-refractivity contribution in [3.8, 4) is 0 Å². The molecule has 0 radical (unpaired) electrons. The van der Waals surface area contributed by atoms with Gasteiger partial charge in [-0.15, -0.1) is 0 Å². The van der Waals surface area contributed by atoms with Crippen LogP contribution in [0, 0.1) is 13.8 Å². The molecule has 1 heterocycles. The van der Waals surface area contributed by atoms with Crippen LogP contribution in [-0.2, 0) is 0 Å². The number of hydrogen-bond donors (Lipinski definition) is 2. The SMILES string of the molecule is Cc1ccc(Sc2ncccc2C(=O)Nc2cccc(C(=O)NC3CC3)c2)cc1C. The molecule has 2 amide bonds. The van der Waals surface area contributed by atoms with Gasteiger partial charge in [0.15, 0.2) is 0 Å². The van der Waals surface area contributed by atoms with Gasteiger partial charge in [0, 0.05) is 28.4 Å². The third kappa shape index (κ3) is 4.89. The predicted molar refractivity (Wildman–Crippen MR) is 119 cm³/mol. The summed E-state index contributed by atoms with van der Waals surface area (Å²) in [5, 5.41) is 6.50. The minimum atomic E-state index is -0.255. The zero-order valence-electron chi connectivity index (χ0n) is 16.9. The molecule has 5 nitrogen and oxygen atoms in total. The molecule has 0 aliphatic heterocycles.